The van der Waals surface area contributed by atoms with Gasteiger partial charge in [0.2, 0.25) is 0 Å². The molecule has 1 fully saturated rings. The molecular formula is C45H81O12P. The van der Waals surface area contributed by atoms with Crippen molar-refractivity contribution < 1.29 is 58.3 Å². The van der Waals surface area contributed by atoms with E-state index in [1.54, 1.807) is 0 Å². The summed E-state index contributed by atoms with van der Waals surface area (Å²) in [5, 5.41) is 50.1. The molecule has 338 valence electrons. The highest BCUT2D eigenvalue weighted by Gasteiger charge is 2.51. The average Bonchev–Trinajstić information content (AvgIpc) is 3.21. The van der Waals surface area contributed by atoms with Gasteiger partial charge < -0.3 is 39.9 Å². The molecule has 1 aliphatic carbocycles. The first-order valence-corrected chi connectivity index (χ1v) is 24.0. The molecule has 0 heterocycles. The van der Waals surface area contributed by atoms with Gasteiger partial charge in [0.05, 0.1) is 13.2 Å². The number of hydrogen-bond acceptors (Lipinski definition) is 11. The maximum Gasteiger partial charge on any atom is 0.472 e. The summed E-state index contributed by atoms with van der Waals surface area (Å²) < 4.78 is 34.0. The summed E-state index contributed by atoms with van der Waals surface area (Å²) in [6, 6.07) is 0. The van der Waals surface area contributed by atoms with E-state index >= 15 is 0 Å². The summed E-state index contributed by atoms with van der Waals surface area (Å²) in [6.45, 7) is 4.06. The molecule has 0 amide bonds. The molecule has 1 saturated carbocycles. The smallest absolute Gasteiger partial charge is 0.457 e. The molecule has 0 radical (unpaired) electrons. The molecule has 6 N–H and O–H groups in total. The van der Waals surface area contributed by atoms with Gasteiger partial charge in [-0.3, -0.25) is 13.8 Å². The van der Waals surface area contributed by atoms with E-state index in [9.17, 15) is 39.8 Å². The predicted molar refractivity (Wildman–Crippen MR) is 230 cm³/mol. The molecule has 1 rings (SSSR count). The van der Waals surface area contributed by atoms with Crippen molar-refractivity contribution in [2.24, 2.45) is 0 Å². The lowest BCUT2D eigenvalue weighted by molar-refractivity contribution is -0.220. The summed E-state index contributed by atoms with van der Waals surface area (Å²) >= 11 is 0. The van der Waals surface area contributed by atoms with Crippen molar-refractivity contribution in [1.29, 1.82) is 0 Å². The van der Waals surface area contributed by atoms with Crippen molar-refractivity contribution in [3.8, 4) is 0 Å². The van der Waals surface area contributed by atoms with Crippen molar-refractivity contribution in [1.82, 2.24) is 0 Å². The average molecular weight is 845 g/mol. The van der Waals surface area contributed by atoms with Gasteiger partial charge in [0, 0.05) is 13.0 Å². The molecule has 0 saturated heterocycles. The van der Waals surface area contributed by atoms with Crippen molar-refractivity contribution in [2.75, 3.05) is 19.8 Å². The molecule has 6 atom stereocenters. The van der Waals surface area contributed by atoms with E-state index in [1.807, 2.05) is 12.2 Å². The summed E-state index contributed by atoms with van der Waals surface area (Å²) in [7, 11) is -5.03. The summed E-state index contributed by atoms with van der Waals surface area (Å²) in [5.41, 5.74) is 0. The number of unbranched alkanes of at least 4 members (excludes halogenated alkanes) is 17. The predicted octanol–water partition coefficient (Wildman–Crippen LogP) is 8.86. The Morgan fingerprint density at radius 1 is 0.569 bits per heavy atom. The largest absolute Gasteiger partial charge is 0.472 e. The van der Waals surface area contributed by atoms with E-state index in [-0.39, 0.29) is 13.0 Å². The van der Waals surface area contributed by atoms with Crippen LogP contribution >= 0.6 is 7.82 Å². The van der Waals surface area contributed by atoms with E-state index in [2.05, 4.69) is 50.3 Å². The van der Waals surface area contributed by atoms with Gasteiger partial charge in [-0.15, -0.1) is 0 Å². The number of aliphatic hydroxyl groups is 5. The summed E-state index contributed by atoms with van der Waals surface area (Å²) in [6.07, 6.45) is 30.6. The molecule has 0 aromatic carbocycles. The Morgan fingerprint density at radius 2 is 0.983 bits per heavy atom. The Morgan fingerprint density at radius 3 is 1.45 bits per heavy atom. The highest BCUT2D eigenvalue weighted by Crippen LogP contribution is 2.47. The molecular weight excluding hydrogens is 763 g/mol. The fraction of sp³-hybridized carbons (Fsp3) is 0.800. The number of carbonyl (C=O) groups excluding carboxylic acids is 1. The number of aliphatic hydroxyl groups excluding tert-OH is 5. The standard InChI is InChI=1S/C45H81O12P/c1-3-5-7-9-11-13-15-17-18-19-20-21-23-25-27-29-31-33-35-54-36-38(37-55-58(52,53)57-45-43(50)41(48)40(47)42(49)44(45)51)56-39(46)34-32-30-28-26-24-22-16-14-12-10-8-6-4-2/h6,8,12,14,22,24,28,30,38,40-45,47-51H,3-5,7,9-11,13,15-21,23,25-27,29,31-37H2,1-2H3,(H,52,53)/b8-6-,14-12-,24-22-,30-28-. The second-order valence-electron chi connectivity index (χ2n) is 15.5. The van der Waals surface area contributed by atoms with Crippen LogP contribution < -0.4 is 0 Å². The number of esters is 1. The van der Waals surface area contributed by atoms with Crippen LogP contribution in [-0.2, 0) is 27.9 Å². The molecule has 58 heavy (non-hydrogen) atoms. The van der Waals surface area contributed by atoms with Crippen LogP contribution in [0.4, 0.5) is 0 Å². The lowest BCUT2D eigenvalue weighted by Gasteiger charge is -2.41. The Labute approximate surface area is 350 Å². The third-order valence-electron chi connectivity index (χ3n) is 10.2. The molecule has 13 heteroatoms. The molecule has 0 aromatic rings. The van der Waals surface area contributed by atoms with Gasteiger partial charge >= 0.3 is 13.8 Å². The Balaban J connectivity index is 2.42. The van der Waals surface area contributed by atoms with Crippen LogP contribution in [0.15, 0.2) is 48.6 Å². The van der Waals surface area contributed by atoms with Gasteiger partial charge in [0.1, 0.15) is 42.7 Å². The first kappa shape index (κ1) is 54.3. The fourth-order valence-corrected chi connectivity index (χ4v) is 7.64. The monoisotopic (exact) mass is 845 g/mol. The van der Waals surface area contributed by atoms with Gasteiger partial charge in [-0.25, -0.2) is 4.57 Å². The van der Waals surface area contributed by atoms with E-state index in [4.69, 9.17) is 18.5 Å². The summed E-state index contributed by atoms with van der Waals surface area (Å²) in [4.78, 5) is 23.1. The normalized spacial score (nSPS) is 23.1. The van der Waals surface area contributed by atoms with Crippen LogP contribution in [0.25, 0.3) is 0 Å². The fourth-order valence-electron chi connectivity index (χ4n) is 6.66. The Kier molecular flexibility index (Phi) is 33.7. The number of ether oxygens (including phenoxy) is 2. The number of hydrogen-bond donors (Lipinski definition) is 6. The zero-order valence-corrected chi connectivity index (χ0v) is 36.7. The lowest BCUT2D eigenvalue weighted by atomic mass is 9.85. The number of phosphoric ester groups is 1. The number of phosphoric acid groups is 1. The number of carbonyl (C=O) groups is 1. The van der Waals surface area contributed by atoms with Gasteiger partial charge in [-0.2, -0.15) is 0 Å². The van der Waals surface area contributed by atoms with Crippen LogP contribution in [0.5, 0.6) is 0 Å². The zero-order chi connectivity index (χ0) is 42.7. The number of rotatable bonds is 37. The SMILES string of the molecule is CC/C=C\C/C=C\C/C=C\C/C=C\CCC(=O)OC(COCCCCCCCCCCCCCCCCCCCC)COP(=O)(O)OC1C(O)C(O)C(O)C(O)C1O. The molecule has 1 aliphatic rings. The van der Waals surface area contributed by atoms with Crippen molar-refractivity contribution in [2.45, 2.75) is 211 Å². The second kappa shape index (κ2) is 36.0. The minimum Gasteiger partial charge on any atom is -0.457 e. The Bertz CT molecular complexity index is 1140. The van der Waals surface area contributed by atoms with Crippen molar-refractivity contribution >= 4 is 13.8 Å². The topological polar surface area (TPSA) is 192 Å². The van der Waals surface area contributed by atoms with E-state index in [0.29, 0.717) is 13.0 Å². The first-order valence-electron chi connectivity index (χ1n) is 22.5. The van der Waals surface area contributed by atoms with Crippen molar-refractivity contribution in [3.63, 3.8) is 0 Å². The second-order valence-corrected chi connectivity index (χ2v) is 16.9. The minimum absolute atomic E-state index is 0.0653. The van der Waals surface area contributed by atoms with Gasteiger partial charge in [-0.1, -0.05) is 172 Å². The molecule has 0 spiro atoms. The van der Waals surface area contributed by atoms with Crippen LogP contribution in [0.1, 0.15) is 168 Å². The first-order chi connectivity index (χ1) is 28.0. The third-order valence-corrected chi connectivity index (χ3v) is 11.2. The van der Waals surface area contributed by atoms with Gasteiger partial charge in [0.25, 0.3) is 0 Å². The highest BCUT2D eigenvalue weighted by atomic mass is 31.2. The molecule has 0 aliphatic heterocycles. The van der Waals surface area contributed by atoms with Crippen molar-refractivity contribution in [3.05, 3.63) is 48.6 Å². The quantitative estimate of drug-likeness (QED) is 0.0151. The minimum atomic E-state index is -5.03. The maximum atomic E-state index is 12.8. The maximum absolute atomic E-state index is 12.8. The zero-order valence-electron chi connectivity index (χ0n) is 35.8. The van der Waals surface area contributed by atoms with Crippen LogP contribution in [-0.4, -0.2) is 98.9 Å². The van der Waals surface area contributed by atoms with E-state index < -0.39 is 63.1 Å². The highest BCUT2D eigenvalue weighted by molar-refractivity contribution is 7.47. The summed E-state index contributed by atoms with van der Waals surface area (Å²) in [5.74, 6) is -0.556. The molecule has 6 unspecified atom stereocenters. The van der Waals surface area contributed by atoms with Crippen LogP contribution in [0.2, 0.25) is 0 Å². The molecule has 0 aromatic heterocycles. The third kappa shape index (κ3) is 27.9. The van der Waals surface area contributed by atoms with E-state index in [1.165, 1.54) is 96.3 Å². The van der Waals surface area contributed by atoms with Crippen LogP contribution in [0, 0.1) is 0 Å². The lowest BCUT2D eigenvalue weighted by Crippen LogP contribution is -2.64. The van der Waals surface area contributed by atoms with Gasteiger partial charge in [0.15, 0.2) is 0 Å². The van der Waals surface area contributed by atoms with E-state index in [0.717, 1.165) is 44.9 Å². The Hall–Kier alpha value is -1.70. The van der Waals surface area contributed by atoms with Gasteiger partial charge in [-0.05, 0) is 38.5 Å². The van der Waals surface area contributed by atoms with Crippen LogP contribution in [0.3, 0.4) is 0 Å². The molecule has 0 bridgehead atoms. The molecule has 12 nitrogen and oxygen atoms in total. The number of allylic oxidation sites excluding steroid dienone is 8.